The minimum atomic E-state index is -3.83. The zero-order valence-electron chi connectivity index (χ0n) is 26.9. The lowest BCUT2D eigenvalue weighted by Crippen LogP contribution is -2.27. The number of fused-ring (bicyclic) bond motifs is 1. The molecule has 2 N–H and O–H groups in total. The van der Waals surface area contributed by atoms with Gasteiger partial charge in [0.25, 0.3) is 0 Å². The average Bonchev–Trinajstić information content (AvgIpc) is 3.38. The number of halogens is 2. The van der Waals surface area contributed by atoms with Crippen molar-refractivity contribution in [1.82, 2.24) is 9.29 Å². The monoisotopic (exact) mass is 710 g/mol. The molecule has 0 aliphatic heterocycles. The summed E-state index contributed by atoms with van der Waals surface area (Å²) in [5, 5.41) is 11.4. The fraction of sp³-hybridized carbons (Fsp3) is 0.175. The summed E-state index contributed by atoms with van der Waals surface area (Å²) < 4.78 is 32.0. The SMILES string of the molecule is Cc1ccc(S(=O)(=O)NCCc2c(CCCc3ccc(C(=O)O)cc3)c3cc(Cl)ccc3n2C(c2ccccc2)c2ccccc2)cc1Cl. The van der Waals surface area contributed by atoms with Crippen LogP contribution >= 0.6 is 23.2 Å². The van der Waals surface area contributed by atoms with Gasteiger partial charge >= 0.3 is 5.97 Å². The number of aryl methyl sites for hydroxylation is 3. The first-order valence-electron chi connectivity index (χ1n) is 16.1. The topological polar surface area (TPSA) is 88.4 Å². The normalized spacial score (nSPS) is 11.8. The van der Waals surface area contributed by atoms with E-state index in [-0.39, 0.29) is 23.0 Å². The molecule has 0 saturated heterocycles. The van der Waals surface area contributed by atoms with Crippen molar-refractivity contribution < 1.29 is 18.3 Å². The third kappa shape index (κ3) is 7.76. The van der Waals surface area contributed by atoms with Crippen molar-refractivity contribution in [2.75, 3.05) is 6.54 Å². The molecular formula is C40H36Cl2N2O4S. The summed E-state index contributed by atoms with van der Waals surface area (Å²) in [6.07, 6.45) is 2.66. The highest BCUT2D eigenvalue weighted by Crippen LogP contribution is 2.38. The highest BCUT2D eigenvalue weighted by atomic mass is 35.5. The van der Waals surface area contributed by atoms with Crippen molar-refractivity contribution in [3.63, 3.8) is 0 Å². The molecular weight excluding hydrogens is 675 g/mol. The number of carbonyl (C=O) groups is 1. The van der Waals surface area contributed by atoms with E-state index in [4.69, 9.17) is 23.2 Å². The van der Waals surface area contributed by atoms with E-state index in [2.05, 4.69) is 33.6 Å². The molecule has 5 aromatic carbocycles. The number of aromatic nitrogens is 1. The molecule has 6 nitrogen and oxygen atoms in total. The van der Waals surface area contributed by atoms with Crippen molar-refractivity contribution in [3.8, 4) is 0 Å². The Hall–Kier alpha value is -4.40. The molecule has 6 rings (SSSR count). The van der Waals surface area contributed by atoms with Crippen LogP contribution in [0.2, 0.25) is 10.0 Å². The molecule has 1 aromatic heterocycles. The van der Waals surface area contributed by atoms with Crippen molar-refractivity contribution >= 4 is 50.1 Å². The lowest BCUT2D eigenvalue weighted by molar-refractivity contribution is 0.0697. The Balaban J connectivity index is 1.43. The summed E-state index contributed by atoms with van der Waals surface area (Å²) in [6.45, 7) is 2.00. The van der Waals surface area contributed by atoms with Crippen molar-refractivity contribution in [2.45, 2.75) is 43.5 Å². The first-order valence-corrected chi connectivity index (χ1v) is 18.4. The van der Waals surface area contributed by atoms with E-state index in [1.54, 1.807) is 24.3 Å². The fourth-order valence-electron chi connectivity index (χ4n) is 6.42. The highest BCUT2D eigenvalue weighted by molar-refractivity contribution is 7.89. The van der Waals surface area contributed by atoms with Crippen LogP contribution in [0.25, 0.3) is 10.9 Å². The number of hydrogen-bond acceptors (Lipinski definition) is 3. The Morgan fingerprint density at radius 3 is 2.06 bits per heavy atom. The molecule has 250 valence electrons. The maximum atomic E-state index is 13.4. The van der Waals surface area contributed by atoms with E-state index in [1.807, 2.05) is 73.7 Å². The van der Waals surface area contributed by atoms with Crippen LogP contribution in [-0.4, -0.2) is 30.6 Å². The quantitative estimate of drug-likeness (QED) is 0.125. The van der Waals surface area contributed by atoms with Gasteiger partial charge in [-0.1, -0.05) is 102 Å². The van der Waals surface area contributed by atoms with Gasteiger partial charge in [0.15, 0.2) is 0 Å². The minimum Gasteiger partial charge on any atom is -0.478 e. The van der Waals surface area contributed by atoms with Gasteiger partial charge in [-0.05, 0) is 96.5 Å². The number of nitrogens with zero attached hydrogens (tertiary/aromatic N) is 1. The molecule has 0 radical (unpaired) electrons. The standard InChI is InChI=1S/C40H36Cl2N2O4S/c1-27-15-21-33(26-36(27)42)49(47,48)43-24-23-38-34(14-8-9-28-16-18-31(19-17-28)40(45)46)35-25-32(41)20-22-37(35)44(38)39(29-10-4-2-5-11-29)30-12-6-3-7-13-30/h2-7,10-13,15-22,25-26,39,43H,8-9,14,23-24H2,1H3,(H,45,46). The molecule has 0 fully saturated rings. The van der Waals surface area contributed by atoms with Crippen molar-refractivity contribution in [1.29, 1.82) is 0 Å². The van der Waals surface area contributed by atoms with E-state index >= 15 is 0 Å². The lowest BCUT2D eigenvalue weighted by Gasteiger charge is -2.25. The van der Waals surface area contributed by atoms with E-state index in [9.17, 15) is 18.3 Å². The van der Waals surface area contributed by atoms with Gasteiger partial charge in [0.2, 0.25) is 10.0 Å². The Morgan fingerprint density at radius 1 is 0.796 bits per heavy atom. The Bertz CT molecular complexity index is 2160. The number of benzene rings is 5. The summed E-state index contributed by atoms with van der Waals surface area (Å²) in [5.74, 6) is -0.951. The van der Waals surface area contributed by atoms with Crippen molar-refractivity contribution in [3.05, 3.63) is 170 Å². The van der Waals surface area contributed by atoms with Crippen LogP contribution in [0, 0.1) is 6.92 Å². The predicted molar refractivity (Wildman–Crippen MR) is 198 cm³/mol. The number of sulfonamides is 1. The molecule has 0 bridgehead atoms. The van der Waals surface area contributed by atoms with Gasteiger partial charge < -0.3 is 9.67 Å². The predicted octanol–water partition coefficient (Wildman–Crippen LogP) is 9.29. The number of hydrogen-bond donors (Lipinski definition) is 2. The first-order chi connectivity index (χ1) is 23.6. The number of carboxylic acid groups (broad SMARTS) is 1. The summed E-state index contributed by atoms with van der Waals surface area (Å²) in [6, 6.07) is 38.1. The number of rotatable bonds is 13. The molecule has 49 heavy (non-hydrogen) atoms. The molecule has 0 aliphatic rings. The maximum Gasteiger partial charge on any atom is 0.335 e. The zero-order valence-corrected chi connectivity index (χ0v) is 29.3. The van der Waals surface area contributed by atoms with Gasteiger partial charge in [0, 0.05) is 39.6 Å². The highest BCUT2D eigenvalue weighted by Gasteiger charge is 2.26. The Morgan fingerprint density at radius 2 is 1.45 bits per heavy atom. The van der Waals surface area contributed by atoms with E-state index in [1.165, 1.54) is 6.07 Å². The van der Waals surface area contributed by atoms with Crippen LogP contribution in [0.15, 0.2) is 126 Å². The Labute approximate surface area is 297 Å². The molecule has 1 heterocycles. The second-order valence-corrected chi connectivity index (χ2v) is 14.7. The minimum absolute atomic E-state index is 0.121. The van der Waals surface area contributed by atoms with Gasteiger partial charge in [-0.25, -0.2) is 17.9 Å². The number of carboxylic acids is 1. The summed E-state index contributed by atoms with van der Waals surface area (Å²) in [7, 11) is -3.83. The van der Waals surface area contributed by atoms with Crippen LogP contribution in [0.3, 0.4) is 0 Å². The van der Waals surface area contributed by atoms with E-state index in [0.29, 0.717) is 22.9 Å². The summed E-state index contributed by atoms with van der Waals surface area (Å²) >= 11 is 12.9. The molecule has 0 unspecified atom stereocenters. The fourth-order valence-corrected chi connectivity index (χ4v) is 7.90. The Kier molecular flexibility index (Phi) is 10.6. The van der Waals surface area contributed by atoms with Gasteiger partial charge in [0.1, 0.15) is 0 Å². The molecule has 0 amide bonds. The van der Waals surface area contributed by atoms with Gasteiger partial charge in [-0.2, -0.15) is 0 Å². The second kappa shape index (κ2) is 15.0. The second-order valence-electron chi connectivity index (χ2n) is 12.1. The van der Waals surface area contributed by atoms with E-state index in [0.717, 1.165) is 57.3 Å². The van der Waals surface area contributed by atoms with Gasteiger partial charge in [-0.15, -0.1) is 0 Å². The lowest BCUT2D eigenvalue weighted by atomic mass is 9.97. The number of nitrogens with one attached hydrogen (secondary N) is 1. The molecule has 9 heteroatoms. The zero-order chi connectivity index (χ0) is 34.5. The third-order valence-corrected chi connectivity index (χ3v) is 11.0. The molecule has 0 aliphatic carbocycles. The molecule has 0 atom stereocenters. The molecule has 6 aromatic rings. The van der Waals surface area contributed by atoms with Crippen molar-refractivity contribution in [2.24, 2.45) is 0 Å². The molecule has 0 spiro atoms. The maximum absolute atomic E-state index is 13.4. The van der Waals surface area contributed by atoms with Crippen LogP contribution < -0.4 is 4.72 Å². The number of aromatic carboxylic acids is 1. The third-order valence-electron chi connectivity index (χ3n) is 8.87. The van der Waals surface area contributed by atoms with Crippen LogP contribution in [-0.2, 0) is 29.3 Å². The summed E-state index contributed by atoms with van der Waals surface area (Å²) in [4.78, 5) is 11.5. The average molecular weight is 712 g/mol. The molecule has 0 saturated carbocycles. The smallest absolute Gasteiger partial charge is 0.335 e. The van der Waals surface area contributed by atoms with Crippen LogP contribution in [0.1, 0.15) is 56.3 Å². The summed E-state index contributed by atoms with van der Waals surface area (Å²) in [5.41, 5.74) is 7.43. The van der Waals surface area contributed by atoms with Gasteiger partial charge in [0.05, 0.1) is 16.5 Å². The van der Waals surface area contributed by atoms with Gasteiger partial charge in [-0.3, -0.25) is 0 Å². The van der Waals surface area contributed by atoms with E-state index < -0.39 is 16.0 Å². The first kappa shape index (κ1) is 34.5. The largest absolute Gasteiger partial charge is 0.478 e. The van der Waals surface area contributed by atoms with Crippen LogP contribution in [0.4, 0.5) is 0 Å². The van der Waals surface area contributed by atoms with Crippen LogP contribution in [0.5, 0.6) is 0 Å².